The van der Waals surface area contributed by atoms with Gasteiger partial charge >= 0.3 is 0 Å². The van der Waals surface area contributed by atoms with Crippen LogP contribution in [0.5, 0.6) is 0 Å². The predicted octanol–water partition coefficient (Wildman–Crippen LogP) is 4.09. The number of nitro benzene ring substituents is 2. The SMILES string of the molecule is O=C(c1ccccc1N1CCN(c2ncnc3cc(N4CCNCC4)c([N+](=O)[O-])cc23)CC1)c1ccccc1N1CCN(c2ncnc3cc(N4CCNCC4)c([N+](=O)[O-])cc23)CC1. The molecule has 19 heteroatoms. The molecule has 0 amide bonds. The predicted molar refractivity (Wildman–Crippen MR) is 248 cm³/mol. The molecule has 2 aromatic heterocycles. The van der Waals surface area contributed by atoms with Crippen molar-refractivity contribution in [2.24, 2.45) is 0 Å². The maximum absolute atomic E-state index is 14.7. The minimum Gasteiger partial charge on any atom is -0.367 e. The summed E-state index contributed by atoms with van der Waals surface area (Å²) < 4.78 is 0. The monoisotopic (exact) mass is 864 g/mol. The number of aromatic nitrogens is 4. The Balaban J connectivity index is 0.850. The number of para-hydroxylation sites is 2. The standard InChI is InChI=1S/C45H48N14O5/c60-43(31-5-1-3-7-37(31)54-17-21-56(22-18-54)44-33-25-41(58(61)62)39(27-35(33)48-29-50-44)52-13-9-46-10-14-52)32-6-2-4-8-38(32)55-19-23-57(24-20-55)45-34-26-42(59(63)64)40(28-36(34)49-30-51-45)53-15-11-47-12-16-53/h1-8,25-30,46-47H,9-24H2. The van der Waals surface area contributed by atoms with Gasteiger partial charge < -0.3 is 40.0 Å². The Morgan fingerprint density at radius 3 is 1.22 bits per heavy atom. The Kier molecular flexibility index (Phi) is 11.1. The average molecular weight is 865 g/mol. The summed E-state index contributed by atoms with van der Waals surface area (Å²) in [5.41, 5.74) is 5.49. The van der Waals surface area contributed by atoms with Gasteiger partial charge in [-0.25, -0.2) is 19.9 Å². The molecule has 0 atom stereocenters. The summed E-state index contributed by atoms with van der Waals surface area (Å²) in [7, 11) is 0. The number of piperazine rings is 4. The average Bonchev–Trinajstić information content (AvgIpc) is 3.35. The lowest BCUT2D eigenvalue weighted by Gasteiger charge is -2.38. The molecule has 0 radical (unpaired) electrons. The van der Waals surface area contributed by atoms with Gasteiger partial charge in [0.15, 0.2) is 5.78 Å². The van der Waals surface area contributed by atoms with E-state index in [1.807, 2.05) is 70.5 Å². The van der Waals surface area contributed by atoms with E-state index in [1.54, 1.807) is 12.1 Å². The van der Waals surface area contributed by atoms with Crippen LogP contribution in [0.15, 0.2) is 85.5 Å². The zero-order valence-electron chi connectivity index (χ0n) is 35.3. The van der Waals surface area contributed by atoms with E-state index >= 15 is 0 Å². The molecule has 4 aliphatic heterocycles. The maximum Gasteiger partial charge on any atom is 0.293 e. The Morgan fingerprint density at radius 1 is 0.469 bits per heavy atom. The molecule has 6 heterocycles. The molecule has 4 saturated heterocycles. The van der Waals surface area contributed by atoms with E-state index in [2.05, 4.69) is 50.2 Å². The first-order valence-electron chi connectivity index (χ1n) is 21.8. The van der Waals surface area contributed by atoms with Crippen molar-refractivity contribution in [1.82, 2.24) is 30.6 Å². The molecule has 0 saturated carbocycles. The van der Waals surface area contributed by atoms with Crippen molar-refractivity contribution in [2.75, 3.05) is 134 Å². The van der Waals surface area contributed by atoms with Gasteiger partial charge in [0.25, 0.3) is 11.4 Å². The smallest absolute Gasteiger partial charge is 0.293 e. The molecule has 0 bridgehead atoms. The number of nitrogens with zero attached hydrogens (tertiary/aromatic N) is 12. The van der Waals surface area contributed by atoms with Crippen LogP contribution in [0.4, 0.5) is 45.8 Å². The van der Waals surface area contributed by atoms with Crippen LogP contribution in [0.2, 0.25) is 0 Å². The molecule has 0 unspecified atom stereocenters. The molecule has 0 spiro atoms. The number of rotatable bonds is 10. The minimum absolute atomic E-state index is 0.0475. The summed E-state index contributed by atoms with van der Waals surface area (Å²) in [6.07, 6.45) is 3.05. The fourth-order valence-corrected chi connectivity index (χ4v) is 9.59. The number of hydrogen-bond donors (Lipinski definition) is 2. The molecule has 4 aromatic carbocycles. The molecule has 328 valence electrons. The highest BCUT2D eigenvalue weighted by Gasteiger charge is 2.30. The van der Waals surface area contributed by atoms with E-state index in [1.165, 1.54) is 12.7 Å². The lowest BCUT2D eigenvalue weighted by Crippen LogP contribution is -2.47. The highest BCUT2D eigenvalue weighted by Crippen LogP contribution is 2.38. The third-order valence-electron chi connectivity index (χ3n) is 12.9. The van der Waals surface area contributed by atoms with Gasteiger partial charge in [-0.15, -0.1) is 0 Å². The van der Waals surface area contributed by atoms with Gasteiger partial charge in [0, 0.05) is 150 Å². The molecule has 19 nitrogen and oxygen atoms in total. The van der Waals surface area contributed by atoms with Crippen LogP contribution in [0.25, 0.3) is 21.8 Å². The van der Waals surface area contributed by atoms with Crippen LogP contribution in [0.3, 0.4) is 0 Å². The minimum atomic E-state index is -0.320. The van der Waals surface area contributed by atoms with Crippen molar-refractivity contribution in [3.05, 3.63) is 117 Å². The largest absolute Gasteiger partial charge is 0.367 e. The molecule has 2 N–H and O–H groups in total. The summed E-state index contributed by atoms with van der Waals surface area (Å²) in [6.45, 7) is 10.6. The van der Waals surface area contributed by atoms with Crippen LogP contribution in [-0.4, -0.2) is 140 Å². The zero-order chi connectivity index (χ0) is 43.7. The molecule has 6 aromatic rings. The highest BCUT2D eigenvalue weighted by molar-refractivity contribution is 6.15. The topological polar surface area (TPSA) is 198 Å². The van der Waals surface area contributed by atoms with Gasteiger partial charge in [0.2, 0.25) is 0 Å². The lowest BCUT2D eigenvalue weighted by molar-refractivity contribution is -0.384. The van der Waals surface area contributed by atoms with Crippen molar-refractivity contribution < 1.29 is 14.6 Å². The number of anilines is 6. The van der Waals surface area contributed by atoms with Gasteiger partial charge in [-0.05, 0) is 36.4 Å². The van der Waals surface area contributed by atoms with E-state index in [0.29, 0.717) is 134 Å². The van der Waals surface area contributed by atoms with Crippen LogP contribution in [0, 0.1) is 20.2 Å². The first-order valence-corrected chi connectivity index (χ1v) is 21.8. The maximum atomic E-state index is 14.7. The van der Waals surface area contributed by atoms with E-state index in [4.69, 9.17) is 0 Å². The molecule has 4 aliphatic rings. The second-order valence-electron chi connectivity index (χ2n) is 16.4. The molecular weight excluding hydrogens is 817 g/mol. The van der Waals surface area contributed by atoms with E-state index in [0.717, 1.165) is 37.6 Å². The fourth-order valence-electron chi connectivity index (χ4n) is 9.59. The van der Waals surface area contributed by atoms with Crippen molar-refractivity contribution >= 4 is 73.3 Å². The number of carbonyl (C=O) groups excluding carboxylic acids is 1. The number of fused-ring (bicyclic) bond motifs is 2. The highest BCUT2D eigenvalue weighted by atomic mass is 16.6. The Morgan fingerprint density at radius 2 is 0.828 bits per heavy atom. The number of carbonyl (C=O) groups is 1. The first kappa shape index (κ1) is 40.8. The van der Waals surface area contributed by atoms with Crippen LogP contribution in [0.1, 0.15) is 15.9 Å². The zero-order valence-corrected chi connectivity index (χ0v) is 35.3. The number of benzene rings is 4. The van der Waals surface area contributed by atoms with Crippen LogP contribution >= 0.6 is 0 Å². The Bertz CT molecular complexity index is 2560. The van der Waals surface area contributed by atoms with E-state index < -0.39 is 0 Å². The third kappa shape index (κ3) is 7.76. The Hall–Kier alpha value is -7.25. The quantitative estimate of drug-likeness (QED) is 0.113. The molecule has 64 heavy (non-hydrogen) atoms. The number of nitrogens with one attached hydrogen (secondary N) is 2. The van der Waals surface area contributed by atoms with Gasteiger partial charge in [-0.1, -0.05) is 24.3 Å². The second-order valence-corrected chi connectivity index (χ2v) is 16.4. The first-order chi connectivity index (χ1) is 31.3. The van der Waals surface area contributed by atoms with E-state index in [-0.39, 0.29) is 27.0 Å². The van der Waals surface area contributed by atoms with Crippen molar-refractivity contribution in [1.29, 1.82) is 0 Å². The summed E-state index contributed by atoms with van der Waals surface area (Å²) in [5.74, 6) is 1.25. The van der Waals surface area contributed by atoms with Gasteiger partial charge in [-0.2, -0.15) is 0 Å². The van der Waals surface area contributed by atoms with Gasteiger partial charge in [-0.3, -0.25) is 25.0 Å². The number of nitro groups is 2. The number of hydrogen-bond acceptors (Lipinski definition) is 17. The second kappa shape index (κ2) is 17.5. The van der Waals surface area contributed by atoms with Crippen molar-refractivity contribution in [3.8, 4) is 0 Å². The summed E-state index contributed by atoms with van der Waals surface area (Å²) >= 11 is 0. The summed E-state index contributed by atoms with van der Waals surface area (Å²) in [5, 5.41) is 32.5. The van der Waals surface area contributed by atoms with Crippen LogP contribution in [-0.2, 0) is 0 Å². The normalized spacial score (nSPS) is 17.3. The van der Waals surface area contributed by atoms with Crippen molar-refractivity contribution in [3.63, 3.8) is 0 Å². The Labute approximate surface area is 368 Å². The van der Waals surface area contributed by atoms with Crippen molar-refractivity contribution in [2.45, 2.75) is 0 Å². The van der Waals surface area contributed by atoms with Gasteiger partial charge in [0.1, 0.15) is 35.7 Å². The molecule has 4 fully saturated rings. The van der Waals surface area contributed by atoms with E-state index in [9.17, 15) is 25.0 Å². The lowest BCUT2D eigenvalue weighted by atomic mass is 9.98. The molecule has 10 rings (SSSR count). The third-order valence-corrected chi connectivity index (χ3v) is 12.9. The van der Waals surface area contributed by atoms with Crippen LogP contribution < -0.4 is 40.0 Å². The fraction of sp³-hybridized carbons (Fsp3) is 0.356. The number of ketones is 1. The summed E-state index contributed by atoms with van der Waals surface area (Å²) in [6, 6.07) is 22.3. The molecular formula is C45H48N14O5. The summed E-state index contributed by atoms with van der Waals surface area (Å²) in [4.78, 5) is 69.8. The molecule has 0 aliphatic carbocycles. The van der Waals surface area contributed by atoms with Gasteiger partial charge in [0.05, 0.1) is 20.9 Å².